The van der Waals surface area contributed by atoms with Gasteiger partial charge >= 0.3 is 6.09 Å². The summed E-state index contributed by atoms with van der Waals surface area (Å²) in [7, 11) is 0. The normalized spacial score (nSPS) is 20.0. The number of alkyl carbamates (subject to hydrolysis) is 1. The van der Waals surface area contributed by atoms with Crippen molar-refractivity contribution in [2.24, 2.45) is 0 Å². The molecule has 0 aliphatic heterocycles. The van der Waals surface area contributed by atoms with Gasteiger partial charge in [-0.15, -0.1) is 0 Å². The fourth-order valence-corrected chi connectivity index (χ4v) is 2.96. The lowest BCUT2D eigenvalue weighted by atomic mass is 9.84. The van der Waals surface area contributed by atoms with E-state index in [0.717, 1.165) is 18.4 Å². The third-order valence-corrected chi connectivity index (χ3v) is 4.15. The largest absolute Gasteiger partial charge is 0.445 e. The molecule has 0 unspecified atom stereocenters. The number of nitrogens with one attached hydrogen (secondary N) is 1. The van der Waals surface area contributed by atoms with E-state index in [9.17, 15) is 4.79 Å². The molecule has 0 bridgehead atoms. The van der Waals surface area contributed by atoms with Gasteiger partial charge in [-0.3, -0.25) is 0 Å². The Morgan fingerprint density at radius 1 is 1.04 bits per heavy atom. The average molecular weight is 307 g/mol. The highest BCUT2D eigenvalue weighted by atomic mass is 16.5. The van der Waals surface area contributed by atoms with Crippen molar-refractivity contribution in [3.63, 3.8) is 0 Å². The van der Waals surface area contributed by atoms with Crippen LogP contribution in [0.3, 0.4) is 0 Å². The second kappa shape index (κ2) is 7.63. The van der Waals surface area contributed by atoms with E-state index in [0.29, 0.717) is 12.5 Å². The van der Waals surface area contributed by atoms with Crippen LogP contribution in [0.4, 0.5) is 4.79 Å². The molecule has 0 saturated heterocycles. The van der Waals surface area contributed by atoms with Gasteiger partial charge in [0.25, 0.3) is 0 Å². The zero-order valence-electron chi connectivity index (χ0n) is 13.0. The van der Waals surface area contributed by atoms with Crippen LogP contribution in [-0.2, 0) is 11.3 Å². The predicted molar refractivity (Wildman–Crippen MR) is 91.1 cm³/mol. The molecule has 3 rings (SSSR count). The SMILES string of the molecule is O=C(N[C@@H]1C=CCC[C@@H]1c1ccccc1)OCc1ccccc1. The molecule has 0 spiro atoms. The molecule has 0 saturated carbocycles. The maximum Gasteiger partial charge on any atom is 0.407 e. The molecule has 3 nitrogen and oxygen atoms in total. The number of hydrogen-bond acceptors (Lipinski definition) is 2. The van der Waals surface area contributed by atoms with Crippen molar-refractivity contribution in [1.82, 2.24) is 5.32 Å². The quantitative estimate of drug-likeness (QED) is 0.849. The summed E-state index contributed by atoms with van der Waals surface area (Å²) >= 11 is 0. The Balaban J connectivity index is 1.59. The number of hydrogen-bond donors (Lipinski definition) is 1. The van der Waals surface area contributed by atoms with Gasteiger partial charge in [0.15, 0.2) is 0 Å². The second-order valence-corrected chi connectivity index (χ2v) is 5.75. The van der Waals surface area contributed by atoms with Crippen LogP contribution in [-0.4, -0.2) is 12.1 Å². The van der Waals surface area contributed by atoms with Gasteiger partial charge in [-0.1, -0.05) is 72.8 Å². The summed E-state index contributed by atoms with van der Waals surface area (Å²) in [5.74, 6) is 0.297. The van der Waals surface area contributed by atoms with Crippen molar-refractivity contribution in [2.45, 2.75) is 31.4 Å². The highest BCUT2D eigenvalue weighted by molar-refractivity contribution is 5.68. The van der Waals surface area contributed by atoms with Gasteiger partial charge in [-0.05, 0) is 24.0 Å². The summed E-state index contributed by atoms with van der Waals surface area (Å²) < 4.78 is 5.33. The number of ether oxygens (including phenoxy) is 1. The van der Waals surface area contributed by atoms with E-state index in [1.54, 1.807) is 0 Å². The Hall–Kier alpha value is -2.55. The molecule has 1 aliphatic rings. The molecular formula is C20H21NO2. The molecule has 1 aliphatic carbocycles. The van der Waals surface area contributed by atoms with Gasteiger partial charge in [-0.2, -0.15) is 0 Å². The van der Waals surface area contributed by atoms with E-state index in [2.05, 4.69) is 29.6 Å². The Bertz CT molecular complexity index is 652. The number of carbonyl (C=O) groups is 1. The van der Waals surface area contributed by atoms with Crippen molar-refractivity contribution < 1.29 is 9.53 Å². The van der Waals surface area contributed by atoms with Crippen LogP contribution in [0.2, 0.25) is 0 Å². The Morgan fingerprint density at radius 2 is 1.74 bits per heavy atom. The molecule has 2 aromatic carbocycles. The summed E-state index contributed by atoms with van der Waals surface area (Å²) in [4.78, 5) is 12.1. The summed E-state index contributed by atoms with van der Waals surface area (Å²) in [5, 5.41) is 2.99. The van der Waals surface area contributed by atoms with E-state index in [4.69, 9.17) is 4.74 Å². The molecule has 0 radical (unpaired) electrons. The molecule has 2 atom stereocenters. The molecule has 1 amide bonds. The van der Waals surface area contributed by atoms with E-state index in [-0.39, 0.29) is 12.1 Å². The molecule has 23 heavy (non-hydrogen) atoms. The number of allylic oxidation sites excluding steroid dienone is 1. The van der Waals surface area contributed by atoms with Gasteiger partial charge in [0.1, 0.15) is 6.61 Å². The molecule has 2 aromatic rings. The zero-order chi connectivity index (χ0) is 15.9. The molecule has 3 heteroatoms. The maximum absolute atomic E-state index is 12.1. The Morgan fingerprint density at radius 3 is 2.48 bits per heavy atom. The van der Waals surface area contributed by atoms with Crippen LogP contribution in [0.25, 0.3) is 0 Å². The molecule has 1 N–H and O–H groups in total. The number of carbonyl (C=O) groups excluding carboxylic acids is 1. The average Bonchev–Trinajstić information content (AvgIpc) is 2.62. The van der Waals surface area contributed by atoms with E-state index in [1.807, 2.05) is 48.5 Å². The van der Waals surface area contributed by atoms with Gasteiger partial charge in [-0.25, -0.2) is 4.79 Å². The highest BCUT2D eigenvalue weighted by Crippen LogP contribution is 2.29. The monoisotopic (exact) mass is 307 g/mol. The van der Waals surface area contributed by atoms with Crippen LogP contribution < -0.4 is 5.32 Å². The molecule has 0 fully saturated rings. The van der Waals surface area contributed by atoms with Crippen LogP contribution in [0.15, 0.2) is 72.8 Å². The number of rotatable bonds is 4. The molecule has 0 heterocycles. The minimum atomic E-state index is -0.369. The van der Waals surface area contributed by atoms with Crippen molar-refractivity contribution in [2.75, 3.05) is 0 Å². The minimum absolute atomic E-state index is 0.0191. The lowest BCUT2D eigenvalue weighted by molar-refractivity contribution is 0.136. The maximum atomic E-state index is 12.1. The van der Waals surface area contributed by atoms with Crippen LogP contribution >= 0.6 is 0 Å². The third kappa shape index (κ3) is 4.22. The topological polar surface area (TPSA) is 38.3 Å². The van der Waals surface area contributed by atoms with Gasteiger partial charge in [0.2, 0.25) is 0 Å². The van der Waals surface area contributed by atoms with Gasteiger partial charge in [0, 0.05) is 5.92 Å². The summed E-state index contributed by atoms with van der Waals surface area (Å²) in [6.45, 7) is 0.291. The zero-order valence-corrected chi connectivity index (χ0v) is 13.0. The second-order valence-electron chi connectivity index (χ2n) is 5.75. The van der Waals surface area contributed by atoms with Crippen LogP contribution in [0.1, 0.15) is 29.9 Å². The summed E-state index contributed by atoms with van der Waals surface area (Å²) in [6, 6.07) is 20.0. The highest BCUT2D eigenvalue weighted by Gasteiger charge is 2.25. The summed E-state index contributed by atoms with van der Waals surface area (Å²) in [6.07, 6.45) is 5.90. The number of benzene rings is 2. The van der Waals surface area contributed by atoms with Crippen molar-refractivity contribution in [1.29, 1.82) is 0 Å². The summed E-state index contributed by atoms with van der Waals surface area (Å²) in [5.41, 5.74) is 2.24. The molecular weight excluding hydrogens is 286 g/mol. The molecule has 0 aromatic heterocycles. The first-order valence-electron chi connectivity index (χ1n) is 8.02. The smallest absolute Gasteiger partial charge is 0.407 e. The van der Waals surface area contributed by atoms with Crippen molar-refractivity contribution in [3.05, 3.63) is 83.9 Å². The van der Waals surface area contributed by atoms with Crippen molar-refractivity contribution in [3.8, 4) is 0 Å². The van der Waals surface area contributed by atoms with E-state index < -0.39 is 0 Å². The lowest BCUT2D eigenvalue weighted by Gasteiger charge is -2.28. The minimum Gasteiger partial charge on any atom is -0.445 e. The van der Waals surface area contributed by atoms with E-state index in [1.165, 1.54) is 5.56 Å². The molecule has 118 valence electrons. The first-order valence-corrected chi connectivity index (χ1v) is 8.02. The number of amides is 1. The first-order chi connectivity index (χ1) is 11.3. The van der Waals surface area contributed by atoms with Gasteiger partial charge < -0.3 is 10.1 Å². The van der Waals surface area contributed by atoms with Crippen molar-refractivity contribution >= 4 is 6.09 Å². The first kappa shape index (κ1) is 15.3. The van der Waals surface area contributed by atoms with Crippen LogP contribution in [0, 0.1) is 0 Å². The standard InChI is InChI=1S/C20H21NO2/c22-20(23-15-16-9-3-1-4-10-16)21-19-14-8-7-13-18(19)17-11-5-2-6-12-17/h1-6,8-12,14,18-19H,7,13,15H2,(H,21,22)/t18-,19-/m1/s1. The lowest BCUT2D eigenvalue weighted by Crippen LogP contribution is -2.39. The predicted octanol–water partition coefficient (Wildman–Crippen LogP) is 4.42. The third-order valence-electron chi connectivity index (χ3n) is 4.15. The fourth-order valence-electron chi connectivity index (χ4n) is 2.96. The van der Waals surface area contributed by atoms with Gasteiger partial charge in [0.05, 0.1) is 6.04 Å². The van der Waals surface area contributed by atoms with Crippen LogP contribution in [0.5, 0.6) is 0 Å². The Kier molecular flexibility index (Phi) is 5.09. The fraction of sp³-hybridized carbons (Fsp3) is 0.250. The Labute approximate surface area is 137 Å². The van der Waals surface area contributed by atoms with E-state index >= 15 is 0 Å².